The number of Topliss-reactive ketones (excluding diaryl/α,β-unsaturated/α-hetero) is 1. The number of carbonyl (C=O) groups excluding carboxylic acids is 2. The predicted octanol–water partition coefficient (Wildman–Crippen LogP) is 6.78. The van der Waals surface area contributed by atoms with Crippen LogP contribution in [0.3, 0.4) is 0 Å². The standard InChI is InChI=1S/C31H21FN4O4S2/c32-22-11-9-19(10-12-22)18-41-31-35-34-30(42-31)36-26(21-5-4-8-24(17-21)40-23-6-2-1-3-7-23)25(28(38)29(36)39)27(37)20-13-15-33-16-14-20/h1-17,26,37H,18H2. The van der Waals surface area contributed by atoms with Gasteiger partial charge in [0.2, 0.25) is 5.13 Å². The zero-order chi connectivity index (χ0) is 29.1. The molecule has 1 aliphatic rings. The van der Waals surface area contributed by atoms with Crippen molar-refractivity contribution in [1.82, 2.24) is 15.2 Å². The van der Waals surface area contributed by atoms with Gasteiger partial charge in [-0.25, -0.2) is 4.39 Å². The highest BCUT2D eigenvalue weighted by Crippen LogP contribution is 2.44. The number of ketones is 1. The fraction of sp³-hybridized carbons (Fsp3) is 0.0645. The Labute approximate surface area is 248 Å². The van der Waals surface area contributed by atoms with E-state index in [0.29, 0.717) is 32.7 Å². The van der Waals surface area contributed by atoms with E-state index in [2.05, 4.69) is 15.2 Å². The molecule has 1 N–H and O–H groups in total. The molecule has 11 heteroatoms. The van der Waals surface area contributed by atoms with Crippen LogP contribution in [0, 0.1) is 5.82 Å². The van der Waals surface area contributed by atoms with Crippen LogP contribution in [0.1, 0.15) is 22.7 Å². The first kappa shape index (κ1) is 27.3. The lowest BCUT2D eigenvalue weighted by atomic mass is 9.95. The molecular weight excluding hydrogens is 575 g/mol. The first-order valence-electron chi connectivity index (χ1n) is 12.7. The van der Waals surface area contributed by atoms with Gasteiger partial charge in [0.15, 0.2) is 4.34 Å². The topological polar surface area (TPSA) is 106 Å². The Kier molecular flexibility index (Phi) is 7.76. The molecule has 3 aromatic carbocycles. The SMILES string of the molecule is O=C1C(=O)N(c2nnc(SCc3ccc(F)cc3)s2)C(c2cccc(Oc3ccccc3)c2)C1=C(O)c1ccncc1. The Hall–Kier alpha value is -4.87. The van der Waals surface area contributed by atoms with E-state index >= 15 is 0 Å². The molecule has 42 heavy (non-hydrogen) atoms. The number of amides is 1. The highest BCUT2D eigenvalue weighted by atomic mass is 32.2. The van der Waals surface area contributed by atoms with Gasteiger partial charge in [0, 0.05) is 23.7 Å². The summed E-state index contributed by atoms with van der Waals surface area (Å²) < 4.78 is 19.8. The second-order valence-electron chi connectivity index (χ2n) is 9.16. The zero-order valence-corrected chi connectivity index (χ0v) is 23.4. The van der Waals surface area contributed by atoms with Gasteiger partial charge < -0.3 is 9.84 Å². The Morgan fingerprint density at radius 2 is 1.67 bits per heavy atom. The zero-order valence-electron chi connectivity index (χ0n) is 21.8. The van der Waals surface area contributed by atoms with Crippen LogP contribution in [-0.2, 0) is 15.3 Å². The summed E-state index contributed by atoms with van der Waals surface area (Å²) in [6, 6.07) is 24.5. The third-order valence-electron chi connectivity index (χ3n) is 6.43. The fourth-order valence-corrected chi connectivity index (χ4v) is 6.29. The predicted molar refractivity (Wildman–Crippen MR) is 158 cm³/mol. The van der Waals surface area contributed by atoms with Crippen molar-refractivity contribution in [2.24, 2.45) is 0 Å². The van der Waals surface area contributed by atoms with Gasteiger partial charge in [-0.1, -0.05) is 65.6 Å². The van der Waals surface area contributed by atoms with Crippen LogP contribution in [0.25, 0.3) is 5.76 Å². The van der Waals surface area contributed by atoms with Crippen LogP contribution in [0.4, 0.5) is 9.52 Å². The van der Waals surface area contributed by atoms with Gasteiger partial charge in [-0.3, -0.25) is 19.5 Å². The summed E-state index contributed by atoms with van der Waals surface area (Å²) in [5.74, 6) is -0.711. The van der Waals surface area contributed by atoms with Crippen molar-refractivity contribution in [2.45, 2.75) is 16.1 Å². The summed E-state index contributed by atoms with van der Waals surface area (Å²) in [6.07, 6.45) is 2.98. The van der Waals surface area contributed by atoms with Crippen molar-refractivity contribution in [3.05, 3.63) is 131 Å². The number of ether oxygens (including phenoxy) is 1. The minimum atomic E-state index is -1.000. The molecule has 208 valence electrons. The highest BCUT2D eigenvalue weighted by Gasteiger charge is 2.48. The van der Waals surface area contributed by atoms with E-state index in [9.17, 15) is 19.1 Å². The molecule has 6 rings (SSSR count). The van der Waals surface area contributed by atoms with E-state index in [0.717, 1.165) is 16.9 Å². The molecular formula is C31H21FN4O4S2. The average molecular weight is 597 g/mol. The Morgan fingerprint density at radius 1 is 0.929 bits per heavy atom. The molecule has 3 heterocycles. The van der Waals surface area contributed by atoms with E-state index < -0.39 is 17.7 Å². The number of hydrogen-bond acceptors (Lipinski definition) is 9. The Morgan fingerprint density at radius 3 is 2.43 bits per heavy atom. The summed E-state index contributed by atoms with van der Waals surface area (Å²) in [7, 11) is 0. The van der Waals surface area contributed by atoms with Gasteiger partial charge in [0.25, 0.3) is 5.78 Å². The van der Waals surface area contributed by atoms with Crippen LogP contribution in [0.15, 0.2) is 113 Å². The van der Waals surface area contributed by atoms with Crippen molar-refractivity contribution in [3.63, 3.8) is 0 Å². The molecule has 1 atom stereocenters. The highest BCUT2D eigenvalue weighted by molar-refractivity contribution is 8.00. The average Bonchev–Trinajstić information content (AvgIpc) is 3.59. The quantitative estimate of drug-likeness (QED) is 0.0687. The van der Waals surface area contributed by atoms with E-state index in [-0.39, 0.29) is 22.3 Å². The Balaban J connectivity index is 1.38. The minimum absolute atomic E-state index is 0.0845. The maximum atomic E-state index is 13.5. The first-order valence-corrected chi connectivity index (χ1v) is 14.5. The number of pyridine rings is 1. The van der Waals surface area contributed by atoms with Crippen LogP contribution < -0.4 is 9.64 Å². The van der Waals surface area contributed by atoms with Gasteiger partial charge in [-0.2, -0.15) is 0 Å². The fourth-order valence-electron chi connectivity index (χ4n) is 4.47. The number of benzene rings is 3. The van der Waals surface area contributed by atoms with Gasteiger partial charge in [0.05, 0.1) is 11.6 Å². The van der Waals surface area contributed by atoms with E-state index in [4.69, 9.17) is 4.74 Å². The molecule has 2 aromatic heterocycles. The van der Waals surface area contributed by atoms with Crippen LogP contribution in [0.5, 0.6) is 11.5 Å². The molecule has 0 spiro atoms. The number of aliphatic hydroxyl groups is 1. The second-order valence-corrected chi connectivity index (χ2v) is 11.3. The summed E-state index contributed by atoms with van der Waals surface area (Å²) in [5, 5.41) is 20.0. The number of halogens is 1. The van der Waals surface area contributed by atoms with E-state index in [1.165, 1.54) is 41.2 Å². The number of nitrogens with zero attached hydrogens (tertiary/aromatic N) is 4. The van der Waals surface area contributed by atoms with Crippen LogP contribution >= 0.6 is 23.1 Å². The van der Waals surface area contributed by atoms with Gasteiger partial charge in [-0.15, -0.1) is 10.2 Å². The van der Waals surface area contributed by atoms with Crippen molar-refractivity contribution in [3.8, 4) is 11.5 Å². The number of hydrogen-bond donors (Lipinski definition) is 1. The first-order chi connectivity index (χ1) is 20.5. The number of aromatic nitrogens is 3. The van der Waals surface area contributed by atoms with E-state index in [1.54, 1.807) is 48.5 Å². The van der Waals surface area contributed by atoms with Crippen molar-refractivity contribution in [2.75, 3.05) is 4.90 Å². The third kappa shape index (κ3) is 5.65. The number of aliphatic hydroxyl groups excluding tert-OH is 1. The molecule has 1 aliphatic heterocycles. The minimum Gasteiger partial charge on any atom is -0.507 e. The van der Waals surface area contributed by atoms with Crippen LogP contribution in [0.2, 0.25) is 0 Å². The third-order valence-corrected chi connectivity index (χ3v) is 8.56. The number of anilines is 1. The smallest absolute Gasteiger partial charge is 0.301 e. The molecule has 1 amide bonds. The normalized spacial score (nSPS) is 16.1. The molecule has 0 aliphatic carbocycles. The lowest BCUT2D eigenvalue weighted by molar-refractivity contribution is -0.132. The van der Waals surface area contributed by atoms with Crippen molar-refractivity contribution in [1.29, 1.82) is 0 Å². The monoisotopic (exact) mass is 596 g/mol. The number of thioether (sulfide) groups is 1. The summed E-state index contributed by atoms with van der Waals surface area (Å²) in [6.45, 7) is 0. The summed E-state index contributed by atoms with van der Waals surface area (Å²) in [5.41, 5.74) is 1.69. The molecule has 0 radical (unpaired) electrons. The maximum absolute atomic E-state index is 13.5. The number of rotatable bonds is 8. The molecule has 5 aromatic rings. The van der Waals surface area contributed by atoms with Crippen LogP contribution in [-0.4, -0.2) is 32.0 Å². The van der Waals surface area contributed by atoms with Crippen molar-refractivity contribution >= 4 is 45.7 Å². The maximum Gasteiger partial charge on any atom is 0.301 e. The molecule has 1 unspecified atom stereocenters. The van der Waals surface area contributed by atoms with E-state index in [1.807, 2.05) is 30.3 Å². The summed E-state index contributed by atoms with van der Waals surface area (Å²) >= 11 is 2.52. The number of carbonyl (C=O) groups is 2. The van der Waals surface area contributed by atoms with Crippen molar-refractivity contribution < 1.29 is 23.8 Å². The molecule has 8 nitrogen and oxygen atoms in total. The van der Waals surface area contributed by atoms with Gasteiger partial charge in [-0.05, 0) is 59.7 Å². The number of para-hydroxylation sites is 1. The lowest BCUT2D eigenvalue weighted by Crippen LogP contribution is -2.29. The summed E-state index contributed by atoms with van der Waals surface area (Å²) in [4.78, 5) is 32.2. The largest absolute Gasteiger partial charge is 0.507 e. The Bertz CT molecular complexity index is 1780. The molecule has 0 saturated carbocycles. The second kappa shape index (κ2) is 11.9. The van der Waals surface area contributed by atoms with Gasteiger partial charge >= 0.3 is 5.91 Å². The molecule has 1 fully saturated rings. The van der Waals surface area contributed by atoms with Gasteiger partial charge in [0.1, 0.15) is 23.1 Å². The lowest BCUT2D eigenvalue weighted by Gasteiger charge is -2.23. The molecule has 0 bridgehead atoms. The molecule has 1 saturated heterocycles.